The van der Waals surface area contributed by atoms with Gasteiger partial charge in [0.15, 0.2) is 0 Å². The van der Waals surface area contributed by atoms with Crippen LogP contribution in [-0.4, -0.2) is 81.0 Å². The highest BCUT2D eigenvalue weighted by Gasteiger charge is 2.47. The van der Waals surface area contributed by atoms with Gasteiger partial charge in [0.1, 0.15) is 5.60 Å². The van der Waals surface area contributed by atoms with E-state index in [-0.39, 0.29) is 23.2 Å². The van der Waals surface area contributed by atoms with Gasteiger partial charge in [-0.05, 0) is 33.9 Å². The summed E-state index contributed by atoms with van der Waals surface area (Å²) in [6, 6.07) is 0.0572. The van der Waals surface area contributed by atoms with Crippen LogP contribution in [-0.2, 0) is 9.47 Å². The third-order valence-corrected chi connectivity index (χ3v) is 6.06. The zero-order valence-electron chi connectivity index (χ0n) is 15.5. The summed E-state index contributed by atoms with van der Waals surface area (Å²) in [5.41, 5.74) is -0.0584. The summed E-state index contributed by atoms with van der Waals surface area (Å²) in [6.07, 6.45) is 5.91. The largest absolute Gasteiger partial charge is 0.375 e. The van der Waals surface area contributed by atoms with Crippen molar-refractivity contribution in [3.05, 3.63) is 0 Å². The fourth-order valence-corrected chi connectivity index (χ4v) is 4.70. The van der Waals surface area contributed by atoms with Crippen LogP contribution in [0.25, 0.3) is 0 Å². The van der Waals surface area contributed by atoms with Crippen LogP contribution in [0, 0.1) is 5.41 Å². The number of hydrogen-bond donors (Lipinski definition) is 1. The summed E-state index contributed by atoms with van der Waals surface area (Å²) in [7, 11) is 4.24. The molecule has 0 radical (unpaired) electrons. The number of morpholine rings is 1. The Labute approximate surface area is 145 Å². The molecule has 0 aromatic rings. The van der Waals surface area contributed by atoms with E-state index in [1.54, 1.807) is 0 Å². The molecule has 6 nitrogen and oxygen atoms in total. The van der Waals surface area contributed by atoms with Crippen molar-refractivity contribution in [3.63, 3.8) is 0 Å². The van der Waals surface area contributed by atoms with Crippen molar-refractivity contribution in [3.8, 4) is 0 Å². The summed E-state index contributed by atoms with van der Waals surface area (Å²) < 4.78 is 11.7. The van der Waals surface area contributed by atoms with Crippen LogP contribution < -0.4 is 5.32 Å². The van der Waals surface area contributed by atoms with Gasteiger partial charge in [-0.3, -0.25) is 0 Å². The molecule has 0 aromatic carbocycles. The van der Waals surface area contributed by atoms with E-state index in [1.807, 2.05) is 4.90 Å². The van der Waals surface area contributed by atoms with Crippen molar-refractivity contribution in [2.45, 2.75) is 50.7 Å². The van der Waals surface area contributed by atoms with Crippen LogP contribution in [0.3, 0.4) is 0 Å². The fraction of sp³-hybridized carbons (Fsp3) is 0.944. The second-order valence-electron chi connectivity index (χ2n) is 8.20. The number of carbonyl (C=O) groups excluding carboxylic acids is 1. The molecule has 3 fully saturated rings. The second-order valence-corrected chi connectivity index (χ2v) is 8.20. The lowest BCUT2D eigenvalue weighted by Crippen LogP contribution is -2.59. The average molecular weight is 339 g/mol. The standard InChI is InChI=1S/C18H33N3O3/c1-15-18(8-10-23-15)14-21(9-11-24-18)16(22)19-12-17(13-20(2)3)6-4-5-7-17/h15H,4-14H2,1-3H3,(H,19,22)/t15-,18-/m0/s1. The molecule has 2 saturated heterocycles. The highest BCUT2D eigenvalue weighted by molar-refractivity contribution is 5.74. The molecule has 2 aliphatic heterocycles. The molecule has 1 saturated carbocycles. The van der Waals surface area contributed by atoms with Crippen molar-refractivity contribution in [1.82, 2.24) is 15.1 Å². The van der Waals surface area contributed by atoms with Crippen LogP contribution in [0.2, 0.25) is 0 Å². The van der Waals surface area contributed by atoms with E-state index in [2.05, 4.69) is 31.2 Å². The minimum atomic E-state index is -0.301. The van der Waals surface area contributed by atoms with Gasteiger partial charge in [0.2, 0.25) is 0 Å². The number of nitrogens with zero attached hydrogens (tertiary/aromatic N) is 2. The SMILES string of the molecule is C[C@@H]1OCC[C@]12CN(C(=O)NCC1(CN(C)C)CCCC1)CCO2. The molecular formula is C18H33N3O3. The third-order valence-electron chi connectivity index (χ3n) is 6.06. The number of urea groups is 1. The molecule has 2 atom stereocenters. The Morgan fingerprint density at radius 2 is 2.00 bits per heavy atom. The minimum absolute atomic E-state index is 0.0572. The van der Waals surface area contributed by atoms with E-state index < -0.39 is 0 Å². The molecule has 1 N–H and O–H groups in total. The number of hydrogen-bond acceptors (Lipinski definition) is 4. The molecule has 1 spiro atoms. The van der Waals surface area contributed by atoms with Crippen molar-refractivity contribution >= 4 is 6.03 Å². The monoisotopic (exact) mass is 339 g/mol. The molecule has 0 aromatic heterocycles. The summed E-state index contributed by atoms with van der Waals surface area (Å²) in [5.74, 6) is 0. The van der Waals surface area contributed by atoms with E-state index in [0.29, 0.717) is 19.7 Å². The molecular weight excluding hydrogens is 306 g/mol. The number of amides is 2. The van der Waals surface area contributed by atoms with Gasteiger partial charge >= 0.3 is 6.03 Å². The zero-order chi connectivity index (χ0) is 17.2. The lowest BCUT2D eigenvalue weighted by atomic mass is 9.85. The Hall–Kier alpha value is -0.850. The maximum atomic E-state index is 12.7. The maximum Gasteiger partial charge on any atom is 0.317 e. The molecule has 2 amide bonds. The first-order chi connectivity index (χ1) is 11.4. The first kappa shape index (κ1) is 18.0. The summed E-state index contributed by atoms with van der Waals surface area (Å²) >= 11 is 0. The molecule has 3 aliphatic rings. The van der Waals surface area contributed by atoms with Crippen molar-refractivity contribution in [2.24, 2.45) is 5.41 Å². The van der Waals surface area contributed by atoms with Gasteiger partial charge in [-0.1, -0.05) is 12.8 Å². The molecule has 0 bridgehead atoms. The Balaban J connectivity index is 1.56. The van der Waals surface area contributed by atoms with Gasteiger partial charge < -0.3 is 24.6 Å². The minimum Gasteiger partial charge on any atom is -0.375 e. The predicted molar refractivity (Wildman–Crippen MR) is 93.1 cm³/mol. The van der Waals surface area contributed by atoms with Gasteiger partial charge in [0, 0.05) is 38.1 Å². The van der Waals surface area contributed by atoms with Gasteiger partial charge in [0.05, 0.1) is 19.3 Å². The average Bonchev–Trinajstić information content (AvgIpc) is 3.13. The highest BCUT2D eigenvalue weighted by atomic mass is 16.6. The van der Waals surface area contributed by atoms with Crippen molar-refractivity contribution < 1.29 is 14.3 Å². The molecule has 138 valence electrons. The lowest BCUT2D eigenvalue weighted by Gasteiger charge is -2.42. The molecule has 6 heteroatoms. The first-order valence-electron chi connectivity index (χ1n) is 9.38. The summed E-state index contributed by atoms with van der Waals surface area (Å²) in [4.78, 5) is 16.9. The molecule has 0 unspecified atom stereocenters. The normalized spacial score (nSPS) is 32.7. The third kappa shape index (κ3) is 3.70. The second kappa shape index (κ2) is 7.18. The van der Waals surface area contributed by atoms with E-state index in [9.17, 15) is 4.79 Å². The van der Waals surface area contributed by atoms with Crippen LogP contribution in [0.5, 0.6) is 0 Å². The number of carbonyl (C=O) groups is 1. The van der Waals surface area contributed by atoms with Gasteiger partial charge in [0.25, 0.3) is 0 Å². The first-order valence-corrected chi connectivity index (χ1v) is 9.38. The Morgan fingerprint density at radius 3 is 2.62 bits per heavy atom. The van der Waals surface area contributed by atoms with Crippen LogP contribution in [0.4, 0.5) is 4.79 Å². The van der Waals surface area contributed by atoms with Gasteiger partial charge in [-0.25, -0.2) is 4.79 Å². The Kier molecular flexibility index (Phi) is 5.37. The molecule has 2 heterocycles. The molecule has 1 aliphatic carbocycles. The zero-order valence-corrected chi connectivity index (χ0v) is 15.5. The Bertz CT molecular complexity index is 451. The number of nitrogens with one attached hydrogen (secondary N) is 1. The van der Waals surface area contributed by atoms with Gasteiger partial charge in [-0.15, -0.1) is 0 Å². The van der Waals surface area contributed by atoms with Gasteiger partial charge in [-0.2, -0.15) is 0 Å². The molecule has 24 heavy (non-hydrogen) atoms. The predicted octanol–water partition coefficient (Wildman–Crippen LogP) is 1.70. The van der Waals surface area contributed by atoms with Crippen LogP contribution in [0.15, 0.2) is 0 Å². The Morgan fingerprint density at radius 1 is 1.25 bits per heavy atom. The van der Waals surface area contributed by atoms with E-state index in [0.717, 1.165) is 26.1 Å². The lowest BCUT2D eigenvalue weighted by molar-refractivity contribution is -0.125. The fourth-order valence-electron chi connectivity index (χ4n) is 4.70. The van der Waals surface area contributed by atoms with Crippen molar-refractivity contribution in [2.75, 3.05) is 53.5 Å². The maximum absolute atomic E-state index is 12.7. The van der Waals surface area contributed by atoms with Crippen LogP contribution in [0.1, 0.15) is 39.0 Å². The van der Waals surface area contributed by atoms with E-state index >= 15 is 0 Å². The van der Waals surface area contributed by atoms with E-state index in [4.69, 9.17) is 9.47 Å². The number of rotatable bonds is 4. The van der Waals surface area contributed by atoms with Crippen LogP contribution >= 0.6 is 0 Å². The number of ether oxygens (including phenoxy) is 2. The highest BCUT2D eigenvalue weighted by Crippen LogP contribution is 2.38. The molecule has 3 rings (SSSR count). The topological polar surface area (TPSA) is 54.0 Å². The summed E-state index contributed by atoms with van der Waals surface area (Å²) in [6.45, 7) is 6.51. The summed E-state index contributed by atoms with van der Waals surface area (Å²) in [5, 5.41) is 3.23. The van der Waals surface area contributed by atoms with E-state index in [1.165, 1.54) is 25.7 Å². The quantitative estimate of drug-likeness (QED) is 0.847. The van der Waals surface area contributed by atoms with Crippen molar-refractivity contribution in [1.29, 1.82) is 0 Å². The smallest absolute Gasteiger partial charge is 0.317 e.